The predicted octanol–water partition coefficient (Wildman–Crippen LogP) is 3.29. The molecule has 1 aromatic heterocycles. The van der Waals surface area contributed by atoms with Crippen LogP contribution < -0.4 is 4.90 Å². The average Bonchev–Trinajstić information content (AvgIpc) is 3.25. The van der Waals surface area contributed by atoms with Crippen LogP contribution in [0.3, 0.4) is 0 Å². The molecule has 1 aliphatic rings. The first-order valence-electron chi connectivity index (χ1n) is 8.50. The molecule has 140 valence electrons. The first kappa shape index (κ1) is 18.8. The molecule has 0 aliphatic carbocycles. The minimum atomic E-state index is -0.554. The highest BCUT2D eigenvalue weighted by atomic mass is 32.1. The van der Waals surface area contributed by atoms with Gasteiger partial charge in [0.05, 0.1) is 23.6 Å². The zero-order chi connectivity index (χ0) is 19.2. The highest BCUT2D eigenvalue weighted by Crippen LogP contribution is 2.27. The van der Waals surface area contributed by atoms with Crippen LogP contribution >= 0.6 is 11.3 Å². The molecule has 1 aliphatic heterocycles. The van der Waals surface area contributed by atoms with Gasteiger partial charge in [0.2, 0.25) is 0 Å². The molecule has 2 aromatic rings. The Morgan fingerprint density at radius 2 is 2.00 bits per heavy atom. The first-order valence-corrected chi connectivity index (χ1v) is 9.31. The third kappa shape index (κ3) is 5.04. The van der Waals surface area contributed by atoms with Gasteiger partial charge < -0.3 is 14.5 Å². The van der Waals surface area contributed by atoms with Crippen LogP contribution in [0, 0.1) is 0 Å². The third-order valence-corrected chi connectivity index (χ3v) is 5.12. The van der Waals surface area contributed by atoms with E-state index in [1.807, 2.05) is 61.5 Å². The molecule has 2 heterocycles. The fourth-order valence-corrected chi connectivity index (χ4v) is 3.37. The monoisotopic (exact) mass is 384 g/mol. The van der Waals surface area contributed by atoms with E-state index in [1.54, 1.807) is 6.08 Å². The van der Waals surface area contributed by atoms with Crippen molar-refractivity contribution >= 4 is 40.1 Å². The normalized spacial score (nSPS) is 14.8. The van der Waals surface area contributed by atoms with Gasteiger partial charge in [0.25, 0.3) is 0 Å². The van der Waals surface area contributed by atoms with Crippen molar-refractivity contribution in [2.75, 3.05) is 25.6 Å². The molecular weight excluding hydrogens is 364 g/mol. The lowest BCUT2D eigenvalue weighted by Gasteiger charge is -2.07. The molecule has 0 N–H and O–H groups in total. The Labute approximate surface area is 161 Å². The third-order valence-electron chi connectivity index (χ3n) is 3.92. The molecule has 7 heteroatoms. The van der Waals surface area contributed by atoms with Crippen molar-refractivity contribution < 1.29 is 19.2 Å². The maximum Gasteiger partial charge on any atom is 0.367 e. The van der Waals surface area contributed by atoms with Gasteiger partial charge in [-0.05, 0) is 23.8 Å². The Bertz CT molecular complexity index is 884. The number of anilines is 1. The van der Waals surface area contributed by atoms with Crippen LogP contribution in [0.25, 0.3) is 6.08 Å². The maximum atomic E-state index is 12.1. The topological polar surface area (TPSA) is 68.2 Å². The molecule has 0 spiro atoms. The number of benzene rings is 1. The number of thiophene rings is 1. The van der Waals surface area contributed by atoms with Crippen molar-refractivity contribution in [3.63, 3.8) is 0 Å². The molecule has 0 bridgehead atoms. The number of rotatable bonds is 7. The number of oxime groups is 1. The largest absolute Gasteiger partial charge is 0.465 e. The standard InChI is InChI=1S/C20H20N2O4S/c1-22(2)18-9-8-15(27-18)12-16-17(21-26-20(16)24)13-19(23)25-11-10-14-6-4-3-5-7-14/h3-9,12H,10-11,13H2,1-2H3. The quantitative estimate of drug-likeness (QED) is 0.416. The smallest absolute Gasteiger partial charge is 0.367 e. The van der Waals surface area contributed by atoms with Gasteiger partial charge in [0.1, 0.15) is 5.71 Å². The van der Waals surface area contributed by atoms with E-state index >= 15 is 0 Å². The molecule has 0 saturated heterocycles. The highest BCUT2D eigenvalue weighted by molar-refractivity contribution is 7.17. The summed E-state index contributed by atoms with van der Waals surface area (Å²) in [5, 5.41) is 4.80. The highest BCUT2D eigenvalue weighted by Gasteiger charge is 2.28. The molecule has 0 saturated carbocycles. The summed E-state index contributed by atoms with van der Waals surface area (Å²) in [5.74, 6) is -0.990. The minimum Gasteiger partial charge on any atom is -0.465 e. The van der Waals surface area contributed by atoms with Gasteiger partial charge in [-0.25, -0.2) is 4.79 Å². The van der Waals surface area contributed by atoms with Crippen molar-refractivity contribution in [3.8, 4) is 0 Å². The van der Waals surface area contributed by atoms with Crippen LogP contribution in [0.5, 0.6) is 0 Å². The lowest BCUT2D eigenvalue weighted by molar-refractivity contribution is -0.142. The minimum absolute atomic E-state index is 0.0989. The molecule has 1 aromatic carbocycles. The molecule has 0 unspecified atom stereocenters. The van der Waals surface area contributed by atoms with E-state index < -0.39 is 11.9 Å². The molecule has 0 radical (unpaired) electrons. The summed E-state index contributed by atoms with van der Waals surface area (Å²) in [6.07, 6.45) is 2.24. The van der Waals surface area contributed by atoms with Crippen LogP contribution in [0.4, 0.5) is 5.00 Å². The fourth-order valence-electron chi connectivity index (χ4n) is 2.50. The van der Waals surface area contributed by atoms with Crippen molar-refractivity contribution in [1.29, 1.82) is 0 Å². The van der Waals surface area contributed by atoms with Gasteiger partial charge in [0.15, 0.2) is 0 Å². The van der Waals surface area contributed by atoms with E-state index in [1.165, 1.54) is 11.3 Å². The number of esters is 1. The average molecular weight is 384 g/mol. The summed E-state index contributed by atoms with van der Waals surface area (Å²) >= 11 is 1.53. The lowest BCUT2D eigenvalue weighted by Crippen LogP contribution is -2.14. The van der Waals surface area contributed by atoms with Crippen molar-refractivity contribution in [2.24, 2.45) is 5.16 Å². The molecular formula is C20H20N2O4S. The second kappa shape index (κ2) is 8.64. The zero-order valence-corrected chi connectivity index (χ0v) is 16.0. The van der Waals surface area contributed by atoms with Gasteiger partial charge in [0, 0.05) is 25.4 Å². The maximum absolute atomic E-state index is 12.1. The summed E-state index contributed by atoms with van der Waals surface area (Å²) in [5.41, 5.74) is 1.68. The van der Waals surface area contributed by atoms with E-state index in [9.17, 15) is 9.59 Å². The molecule has 6 nitrogen and oxygen atoms in total. The summed E-state index contributed by atoms with van der Waals surface area (Å²) in [6.45, 7) is 0.279. The number of hydrogen-bond donors (Lipinski definition) is 0. The van der Waals surface area contributed by atoms with E-state index in [2.05, 4.69) is 5.16 Å². The Kier molecular flexibility index (Phi) is 6.03. The second-order valence-corrected chi connectivity index (χ2v) is 7.27. The van der Waals surface area contributed by atoms with E-state index in [-0.39, 0.29) is 13.0 Å². The van der Waals surface area contributed by atoms with Gasteiger partial charge in [-0.2, -0.15) is 0 Å². The number of nitrogens with zero attached hydrogens (tertiary/aromatic N) is 2. The second-order valence-electron chi connectivity index (χ2n) is 6.18. The SMILES string of the molecule is CN(C)c1ccc(C=C2C(=O)ON=C2CC(=O)OCCc2ccccc2)s1. The summed E-state index contributed by atoms with van der Waals surface area (Å²) < 4.78 is 5.26. The Morgan fingerprint density at radius 1 is 1.22 bits per heavy atom. The van der Waals surface area contributed by atoms with E-state index in [0.717, 1.165) is 15.4 Å². The number of carbonyl (C=O) groups excluding carboxylic acids is 2. The Morgan fingerprint density at radius 3 is 2.70 bits per heavy atom. The van der Waals surface area contributed by atoms with Gasteiger partial charge in [-0.3, -0.25) is 4.79 Å². The Hall–Kier alpha value is -2.93. The van der Waals surface area contributed by atoms with Crippen molar-refractivity contribution in [1.82, 2.24) is 0 Å². The van der Waals surface area contributed by atoms with Crippen LogP contribution in [0.15, 0.2) is 53.2 Å². The number of ether oxygens (including phenoxy) is 1. The van der Waals surface area contributed by atoms with Crippen LogP contribution in [0.1, 0.15) is 16.9 Å². The number of carbonyl (C=O) groups is 2. The summed E-state index contributed by atoms with van der Waals surface area (Å²) in [7, 11) is 3.90. The van der Waals surface area contributed by atoms with E-state index in [4.69, 9.17) is 9.57 Å². The molecule has 0 amide bonds. The molecule has 3 rings (SSSR count). The predicted molar refractivity (Wildman–Crippen MR) is 106 cm³/mol. The summed E-state index contributed by atoms with van der Waals surface area (Å²) in [6, 6.07) is 13.7. The molecule has 0 atom stereocenters. The van der Waals surface area contributed by atoms with Gasteiger partial charge in [-0.1, -0.05) is 35.5 Å². The summed E-state index contributed by atoms with van der Waals surface area (Å²) in [4.78, 5) is 31.7. The molecule has 0 fully saturated rings. The van der Waals surface area contributed by atoms with Crippen LogP contribution in [0.2, 0.25) is 0 Å². The van der Waals surface area contributed by atoms with Crippen LogP contribution in [-0.2, 0) is 25.6 Å². The van der Waals surface area contributed by atoms with Gasteiger partial charge in [-0.15, -0.1) is 11.3 Å². The van der Waals surface area contributed by atoms with Crippen LogP contribution in [-0.4, -0.2) is 38.4 Å². The number of hydrogen-bond acceptors (Lipinski definition) is 7. The zero-order valence-electron chi connectivity index (χ0n) is 15.2. The van der Waals surface area contributed by atoms with E-state index in [0.29, 0.717) is 17.7 Å². The van der Waals surface area contributed by atoms with Crippen molar-refractivity contribution in [2.45, 2.75) is 12.8 Å². The fraction of sp³-hybridized carbons (Fsp3) is 0.250. The first-order chi connectivity index (χ1) is 13.0. The van der Waals surface area contributed by atoms with Gasteiger partial charge >= 0.3 is 11.9 Å². The lowest BCUT2D eigenvalue weighted by atomic mass is 10.1. The Balaban J connectivity index is 1.58. The van der Waals surface area contributed by atoms with Crippen molar-refractivity contribution in [3.05, 3.63) is 58.5 Å². The molecule has 27 heavy (non-hydrogen) atoms.